The van der Waals surface area contributed by atoms with Gasteiger partial charge in [0.15, 0.2) is 5.82 Å². The number of anilines is 2. The lowest BCUT2D eigenvalue weighted by Gasteiger charge is -2.27. The fourth-order valence-corrected chi connectivity index (χ4v) is 2.19. The number of halogens is 1. The van der Waals surface area contributed by atoms with Gasteiger partial charge in [-0.3, -0.25) is 0 Å². The number of hydrogen-bond acceptors (Lipinski definition) is 5. The molecule has 1 saturated carbocycles. The molecule has 1 fully saturated rings. The Bertz CT molecular complexity index is 389. The quantitative estimate of drug-likeness (QED) is 0.584. The van der Waals surface area contributed by atoms with E-state index in [0.29, 0.717) is 5.82 Å². The van der Waals surface area contributed by atoms with Crippen LogP contribution < -0.4 is 16.6 Å². The molecule has 0 spiro atoms. The molecule has 5 nitrogen and oxygen atoms in total. The molecule has 4 N–H and O–H groups in total. The number of nitrogens with one attached hydrogen (secondary N) is 2. The first-order valence-electron chi connectivity index (χ1n) is 5.30. The summed E-state index contributed by atoms with van der Waals surface area (Å²) in [6.45, 7) is 4.38. The maximum atomic E-state index is 5.36. The van der Waals surface area contributed by atoms with Gasteiger partial charge in [0.1, 0.15) is 16.6 Å². The molecule has 88 valence electrons. The van der Waals surface area contributed by atoms with Crippen LogP contribution in [-0.4, -0.2) is 15.5 Å². The third-order valence-corrected chi connectivity index (χ3v) is 3.72. The Morgan fingerprint density at radius 1 is 1.38 bits per heavy atom. The highest BCUT2D eigenvalue weighted by atomic mass is 79.9. The highest BCUT2D eigenvalue weighted by Crippen LogP contribution is 2.41. The summed E-state index contributed by atoms with van der Waals surface area (Å²) in [7, 11) is 0. The molecular weight excluding hydrogens is 270 g/mol. The van der Waals surface area contributed by atoms with E-state index >= 15 is 0 Å². The summed E-state index contributed by atoms with van der Waals surface area (Å²) in [4.78, 5) is 8.23. The molecule has 2 rings (SSSR count). The third-order valence-electron chi connectivity index (χ3n) is 2.96. The van der Waals surface area contributed by atoms with E-state index in [-0.39, 0.29) is 5.54 Å². The second-order valence-electron chi connectivity index (χ2n) is 4.65. The van der Waals surface area contributed by atoms with E-state index in [2.05, 4.69) is 50.5 Å². The molecule has 0 saturated heterocycles. The van der Waals surface area contributed by atoms with Gasteiger partial charge in [0, 0.05) is 5.54 Å². The summed E-state index contributed by atoms with van der Waals surface area (Å²) < 4.78 is 0.770. The van der Waals surface area contributed by atoms with Gasteiger partial charge >= 0.3 is 0 Å². The van der Waals surface area contributed by atoms with E-state index in [0.717, 1.165) is 16.2 Å². The first kappa shape index (κ1) is 11.6. The fraction of sp³-hybridized carbons (Fsp3) is 0.600. The van der Waals surface area contributed by atoms with Crippen LogP contribution in [0.25, 0.3) is 0 Å². The van der Waals surface area contributed by atoms with Crippen molar-refractivity contribution in [2.24, 2.45) is 11.8 Å². The van der Waals surface area contributed by atoms with Crippen molar-refractivity contribution in [3.05, 3.63) is 10.8 Å². The Hall–Kier alpha value is -0.880. The van der Waals surface area contributed by atoms with Gasteiger partial charge in [-0.05, 0) is 48.5 Å². The maximum absolute atomic E-state index is 5.36. The van der Waals surface area contributed by atoms with Crippen LogP contribution >= 0.6 is 15.9 Å². The summed E-state index contributed by atoms with van der Waals surface area (Å²) in [5.41, 5.74) is 2.59. The molecule has 0 bridgehead atoms. The number of nitrogen functional groups attached to an aromatic ring is 1. The Morgan fingerprint density at radius 2 is 2.00 bits per heavy atom. The standard InChI is InChI=1S/C10H16BrN5/c1-10(2,6-3-4-6)15-8-7(11)9(16-12)14-5-13-8/h5-6H,3-4,12H2,1-2H3,(H2,13,14,15,16). The number of hydrogen-bond donors (Lipinski definition) is 3. The molecule has 0 radical (unpaired) electrons. The predicted molar refractivity (Wildman–Crippen MR) is 68.0 cm³/mol. The van der Waals surface area contributed by atoms with Crippen molar-refractivity contribution in [2.45, 2.75) is 32.2 Å². The van der Waals surface area contributed by atoms with Gasteiger partial charge in [0.2, 0.25) is 0 Å². The molecule has 1 aromatic rings. The summed E-state index contributed by atoms with van der Waals surface area (Å²) in [6.07, 6.45) is 4.06. The molecule has 1 aliphatic rings. The molecule has 0 aliphatic heterocycles. The van der Waals surface area contributed by atoms with Gasteiger partial charge in [-0.15, -0.1) is 0 Å². The molecule has 6 heteroatoms. The van der Waals surface area contributed by atoms with Crippen molar-refractivity contribution in [1.29, 1.82) is 0 Å². The molecule has 0 amide bonds. The number of aromatic nitrogens is 2. The Morgan fingerprint density at radius 3 is 2.56 bits per heavy atom. The zero-order valence-electron chi connectivity index (χ0n) is 9.42. The van der Waals surface area contributed by atoms with Crippen LogP contribution in [0.4, 0.5) is 11.6 Å². The lowest BCUT2D eigenvalue weighted by molar-refractivity contribution is 0.492. The first-order chi connectivity index (χ1) is 7.54. The van der Waals surface area contributed by atoms with Crippen molar-refractivity contribution < 1.29 is 0 Å². The highest BCUT2D eigenvalue weighted by Gasteiger charge is 2.38. The van der Waals surface area contributed by atoms with E-state index in [1.54, 1.807) is 0 Å². The average molecular weight is 286 g/mol. The van der Waals surface area contributed by atoms with Crippen molar-refractivity contribution in [3.8, 4) is 0 Å². The smallest absolute Gasteiger partial charge is 0.159 e. The van der Waals surface area contributed by atoms with Crippen LogP contribution in [0.5, 0.6) is 0 Å². The van der Waals surface area contributed by atoms with Gasteiger partial charge in [-0.2, -0.15) is 0 Å². The summed E-state index contributed by atoms with van der Waals surface area (Å²) in [6, 6.07) is 0. The van der Waals surface area contributed by atoms with Gasteiger partial charge in [0.25, 0.3) is 0 Å². The van der Waals surface area contributed by atoms with Crippen molar-refractivity contribution in [1.82, 2.24) is 9.97 Å². The van der Waals surface area contributed by atoms with E-state index in [4.69, 9.17) is 5.84 Å². The molecule has 0 aromatic carbocycles. The Labute approximate surface area is 103 Å². The number of nitrogens with two attached hydrogens (primary N) is 1. The maximum Gasteiger partial charge on any atom is 0.159 e. The van der Waals surface area contributed by atoms with Gasteiger partial charge in [-0.1, -0.05) is 0 Å². The first-order valence-corrected chi connectivity index (χ1v) is 6.09. The topological polar surface area (TPSA) is 75.9 Å². The average Bonchev–Trinajstić information content (AvgIpc) is 3.04. The van der Waals surface area contributed by atoms with Crippen LogP contribution in [-0.2, 0) is 0 Å². The number of hydrazine groups is 1. The largest absolute Gasteiger partial charge is 0.364 e. The molecule has 0 unspecified atom stereocenters. The molecular formula is C10H16BrN5. The zero-order chi connectivity index (χ0) is 11.8. The SMILES string of the molecule is CC(C)(Nc1ncnc(NN)c1Br)C1CC1. The van der Waals surface area contributed by atoms with Gasteiger partial charge in [0.05, 0.1) is 0 Å². The normalized spacial score (nSPS) is 16.0. The van der Waals surface area contributed by atoms with Crippen molar-refractivity contribution in [3.63, 3.8) is 0 Å². The summed E-state index contributed by atoms with van der Waals surface area (Å²) in [5.74, 6) is 7.45. The van der Waals surface area contributed by atoms with Crippen LogP contribution in [0.3, 0.4) is 0 Å². The van der Waals surface area contributed by atoms with Crippen molar-refractivity contribution >= 4 is 27.6 Å². The van der Waals surface area contributed by atoms with Gasteiger partial charge < -0.3 is 10.7 Å². The van der Waals surface area contributed by atoms with Crippen LogP contribution in [0.2, 0.25) is 0 Å². The third kappa shape index (κ3) is 2.27. The van der Waals surface area contributed by atoms with Crippen LogP contribution in [0.15, 0.2) is 10.8 Å². The molecule has 1 heterocycles. The second kappa shape index (κ2) is 4.18. The van der Waals surface area contributed by atoms with Gasteiger partial charge in [-0.25, -0.2) is 15.8 Å². The van der Waals surface area contributed by atoms with Crippen LogP contribution in [0, 0.1) is 5.92 Å². The predicted octanol–water partition coefficient (Wildman–Crippen LogP) is 2.13. The summed E-state index contributed by atoms with van der Waals surface area (Å²) >= 11 is 3.43. The molecule has 1 aliphatic carbocycles. The minimum Gasteiger partial charge on any atom is -0.364 e. The van der Waals surface area contributed by atoms with Crippen molar-refractivity contribution in [2.75, 3.05) is 10.7 Å². The zero-order valence-corrected chi connectivity index (χ0v) is 11.0. The molecule has 0 atom stereocenters. The monoisotopic (exact) mass is 285 g/mol. The second-order valence-corrected chi connectivity index (χ2v) is 5.44. The molecule has 1 aromatic heterocycles. The Kier molecular flexibility index (Phi) is 3.03. The minimum atomic E-state index is 0.0583. The fourth-order valence-electron chi connectivity index (χ4n) is 1.77. The molecule has 16 heavy (non-hydrogen) atoms. The van der Waals surface area contributed by atoms with E-state index < -0.39 is 0 Å². The van der Waals surface area contributed by atoms with E-state index in [9.17, 15) is 0 Å². The number of nitrogens with zero attached hydrogens (tertiary/aromatic N) is 2. The van der Waals surface area contributed by atoms with E-state index in [1.807, 2.05) is 0 Å². The summed E-state index contributed by atoms with van der Waals surface area (Å²) in [5, 5.41) is 3.43. The lowest BCUT2D eigenvalue weighted by Crippen LogP contribution is -2.34. The lowest BCUT2D eigenvalue weighted by atomic mass is 9.99. The Balaban J connectivity index is 2.20. The minimum absolute atomic E-state index is 0.0583. The van der Waals surface area contributed by atoms with Crippen LogP contribution in [0.1, 0.15) is 26.7 Å². The van der Waals surface area contributed by atoms with E-state index in [1.165, 1.54) is 19.2 Å². The number of rotatable bonds is 4. The highest BCUT2D eigenvalue weighted by molar-refractivity contribution is 9.10.